The van der Waals surface area contributed by atoms with Crippen LogP contribution < -0.4 is 10.9 Å². The molecule has 1 aliphatic rings. The van der Waals surface area contributed by atoms with Gasteiger partial charge in [-0.05, 0) is 29.4 Å². The molecule has 1 atom stereocenters. The standard InChI is InChI=1S/C18H17N5O3S/c1-23-16(12-7-3-2-4-8-12)20-22-18(23)27-11-15(25)19-21-17(26)13-9-5-6-10-14(13)24/h2-10,18,22H,11H2,1H3,(H,24,26)/p+1. The second-order valence-corrected chi connectivity index (χ2v) is 6.72. The second-order valence-electron chi connectivity index (χ2n) is 5.67. The van der Waals surface area contributed by atoms with E-state index in [2.05, 4.69) is 21.1 Å². The van der Waals surface area contributed by atoms with E-state index in [0.717, 1.165) is 11.4 Å². The number of aromatic hydroxyl groups is 1. The maximum absolute atomic E-state index is 12.0. The van der Waals surface area contributed by atoms with Gasteiger partial charge in [0.25, 0.3) is 11.4 Å². The summed E-state index contributed by atoms with van der Waals surface area (Å²) in [6.07, 6.45) is 0. The highest BCUT2D eigenvalue weighted by Gasteiger charge is 2.30. The fourth-order valence-electron chi connectivity index (χ4n) is 2.40. The van der Waals surface area contributed by atoms with Gasteiger partial charge < -0.3 is 5.11 Å². The van der Waals surface area contributed by atoms with Crippen molar-refractivity contribution in [2.45, 2.75) is 5.50 Å². The van der Waals surface area contributed by atoms with Gasteiger partial charge in [0.15, 0.2) is 0 Å². The zero-order valence-electron chi connectivity index (χ0n) is 14.5. The molecule has 0 spiro atoms. The van der Waals surface area contributed by atoms with E-state index in [9.17, 15) is 14.7 Å². The lowest BCUT2D eigenvalue weighted by Crippen LogP contribution is -2.42. The molecular formula is C18H18N5O3S+. The molecule has 0 fully saturated rings. The molecule has 3 rings (SSSR count). The number of hydrogen-bond donors (Lipinski definition) is 3. The summed E-state index contributed by atoms with van der Waals surface area (Å²) in [6, 6.07) is 15.7. The molecule has 1 aliphatic heterocycles. The van der Waals surface area contributed by atoms with Crippen molar-refractivity contribution in [2.24, 2.45) is 10.2 Å². The number of hydrogen-bond acceptors (Lipinski definition) is 6. The smallest absolute Gasteiger partial charge is 0.355 e. The lowest BCUT2D eigenvalue weighted by molar-refractivity contribution is -0.504. The Hall–Kier alpha value is -3.20. The second kappa shape index (κ2) is 8.45. The van der Waals surface area contributed by atoms with Crippen LogP contribution in [0.25, 0.3) is 0 Å². The number of phenolic OH excluding ortho intramolecular Hbond substituents is 1. The van der Waals surface area contributed by atoms with Gasteiger partial charge >= 0.3 is 5.84 Å². The number of carbonyl (C=O) groups is 2. The molecule has 0 bridgehead atoms. The minimum absolute atomic E-state index is 0.0804. The van der Waals surface area contributed by atoms with Gasteiger partial charge in [0.05, 0.1) is 29.0 Å². The molecule has 0 radical (unpaired) electrons. The van der Waals surface area contributed by atoms with E-state index in [0.29, 0.717) is 0 Å². The van der Waals surface area contributed by atoms with Crippen LogP contribution >= 0.6 is 11.8 Å². The number of phenols is 1. The van der Waals surface area contributed by atoms with E-state index in [1.54, 1.807) is 12.1 Å². The first-order chi connectivity index (χ1) is 13.1. The van der Waals surface area contributed by atoms with E-state index in [1.807, 2.05) is 42.0 Å². The van der Waals surface area contributed by atoms with Crippen molar-refractivity contribution < 1.29 is 19.3 Å². The van der Waals surface area contributed by atoms with Gasteiger partial charge in [0.1, 0.15) is 5.75 Å². The number of nitrogens with zero attached hydrogens (tertiary/aromatic N) is 3. The number of thioether (sulfide) groups is 1. The molecular weight excluding hydrogens is 366 g/mol. The number of rotatable bonds is 5. The van der Waals surface area contributed by atoms with Crippen LogP contribution in [-0.4, -0.2) is 45.6 Å². The Balaban J connectivity index is 1.50. The first kappa shape index (κ1) is 18.6. The Morgan fingerprint density at radius 3 is 2.56 bits per heavy atom. The summed E-state index contributed by atoms with van der Waals surface area (Å²) in [4.78, 5) is 23.9. The third-order valence-corrected chi connectivity index (χ3v) is 4.91. The van der Waals surface area contributed by atoms with Crippen LogP contribution in [0.3, 0.4) is 0 Å². The molecule has 138 valence electrons. The first-order valence-electron chi connectivity index (χ1n) is 8.11. The van der Waals surface area contributed by atoms with Gasteiger partial charge in [-0.25, -0.2) is 4.58 Å². The Labute approximate surface area is 160 Å². The summed E-state index contributed by atoms with van der Waals surface area (Å²) in [6.45, 7) is 0. The molecule has 8 nitrogen and oxygen atoms in total. The third kappa shape index (κ3) is 4.50. The Morgan fingerprint density at radius 2 is 1.81 bits per heavy atom. The van der Waals surface area contributed by atoms with E-state index >= 15 is 0 Å². The summed E-state index contributed by atoms with van der Waals surface area (Å²) in [5.41, 5.74) is 5.31. The summed E-state index contributed by atoms with van der Waals surface area (Å²) < 4.78 is 1.88. The topological polar surface area (TPSA) is 106 Å². The zero-order valence-corrected chi connectivity index (χ0v) is 15.3. The molecule has 1 unspecified atom stereocenters. The average molecular weight is 384 g/mol. The van der Waals surface area contributed by atoms with Gasteiger partial charge in [-0.2, -0.15) is 0 Å². The number of benzene rings is 2. The fourth-order valence-corrected chi connectivity index (χ4v) is 3.21. The van der Waals surface area contributed by atoms with Crippen molar-refractivity contribution in [1.82, 2.24) is 10.9 Å². The van der Waals surface area contributed by atoms with Crippen LogP contribution in [0, 0.1) is 0 Å². The predicted octanol–water partition coefficient (Wildman–Crippen LogP) is 1.72. The van der Waals surface area contributed by atoms with Gasteiger partial charge in [-0.3, -0.25) is 20.4 Å². The van der Waals surface area contributed by atoms with Crippen molar-refractivity contribution >= 4 is 29.4 Å². The molecule has 3 N–H and O–H groups in total. The van der Waals surface area contributed by atoms with Crippen molar-refractivity contribution in [3.63, 3.8) is 0 Å². The highest BCUT2D eigenvalue weighted by Crippen LogP contribution is 2.20. The number of para-hydroxylation sites is 1. The maximum Gasteiger partial charge on any atom is 0.355 e. The minimum Gasteiger partial charge on any atom is -0.507 e. The molecule has 0 aromatic heterocycles. The SMILES string of the molecule is C[N+]1=C(c2ccccc2)N=NC1SCC(=O)NNC(=O)c1ccccc1O. The largest absolute Gasteiger partial charge is 0.507 e. The third-order valence-electron chi connectivity index (χ3n) is 3.78. The van der Waals surface area contributed by atoms with Gasteiger partial charge in [0.2, 0.25) is 5.91 Å². The molecule has 2 aromatic rings. The zero-order chi connectivity index (χ0) is 19.2. The quantitative estimate of drug-likeness (QED) is 0.539. The monoisotopic (exact) mass is 384 g/mol. The number of amidine groups is 1. The average Bonchev–Trinajstić information content (AvgIpc) is 3.06. The lowest BCUT2D eigenvalue weighted by atomic mass is 10.2. The fraction of sp³-hybridized carbons (Fsp3) is 0.167. The Bertz CT molecular complexity index is 914. The molecule has 27 heavy (non-hydrogen) atoms. The number of azo groups is 1. The number of hydrazine groups is 1. The van der Waals surface area contributed by atoms with Crippen LogP contribution in [0.5, 0.6) is 5.75 Å². The van der Waals surface area contributed by atoms with Gasteiger partial charge in [0, 0.05) is 0 Å². The summed E-state index contributed by atoms with van der Waals surface area (Å²) in [7, 11) is 1.86. The van der Waals surface area contributed by atoms with E-state index in [4.69, 9.17) is 0 Å². The van der Waals surface area contributed by atoms with E-state index in [1.165, 1.54) is 23.9 Å². The normalized spacial score (nSPS) is 15.7. The van der Waals surface area contributed by atoms with Crippen molar-refractivity contribution in [3.05, 3.63) is 65.7 Å². The number of amides is 2. The van der Waals surface area contributed by atoms with E-state index < -0.39 is 5.91 Å². The molecule has 0 saturated carbocycles. The summed E-state index contributed by atoms with van der Waals surface area (Å²) in [5, 5.41) is 18.0. The highest BCUT2D eigenvalue weighted by molar-refractivity contribution is 8.00. The molecule has 1 heterocycles. The molecule has 9 heteroatoms. The minimum atomic E-state index is -0.594. The number of carbonyl (C=O) groups excluding carboxylic acids is 2. The Morgan fingerprint density at radius 1 is 1.11 bits per heavy atom. The predicted molar refractivity (Wildman–Crippen MR) is 102 cm³/mol. The van der Waals surface area contributed by atoms with Crippen molar-refractivity contribution in [3.8, 4) is 5.75 Å². The van der Waals surface area contributed by atoms with Gasteiger partial charge in [-0.15, -0.1) is 0 Å². The van der Waals surface area contributed by atoms with Gasteiger partial charge in [-0.1, -0.05) is 42.1 Å². The first-order valence-corrected chi connectivity index (χ1v) is 9.16. The molecule has 2 amide bonds. The molecule has 2 aromatic carbocycles. The van der Waals surface area contributed by atoms with Crippen LogP contribution in [0.15, 0.2) is 64.8 Å². The van der Waals surface area contributed by atoms with Crippen molar-refractivity contribution in [2.75, 3.05) is 12.8 Å². The highest BCUT2D eigenvalue weighted by atomic mass is 32.2. The molecule has 0 saturated heterocycles. The van der Waals surface area contributed by atoms with Crippen LogP contribution in [0.4, 0.5) is 0 Å². The van der Waals surface area contributed by atoms with Crippen LogP contribution in [0.1, 0.15) is 15.9 Å². The maximum atomic E-state index is 12.0. The number of nitrogens with one attached hydrogen (secondary N) is 2. The summed E-state index contributed by atoms with van der Waals surface area (Å²) in [5.74, 6) is -0.321. The lowest BCUT2D eigenvalue weighted by Gasteiger charge is -2.09. The van der Waals surface area contributed by atoms with Crippen molar-refractivity contribution in [1.29, 1.82) is 0 Å². The molecule has 0 aliphatic carbocycles. The summed E-state index contributed by atoms with van der Waals surface area (Å²) >= 11 is 1.28. The Kier molecular flexibility index (Phi) is 5.82. The van der Waals surface area contributed by atoms with Crippen LogP contribution in [-0.2, 0) is 4.79 Å². The van der Waals surface area contributed by atoms with E-state index in [-0.39, 0.29) is 28.5 Å². The van der Waals surface area contributed by atoms with Crippen LogP contribution in [0.2, 0.25) is 0 Å².